The molecule has 0 amide bonds. The lowest BCUT2D eigenvalue weighted by atomic mass is 10.0. The number of allylic oxidation sites excluding steroid dienone is 5. The van der Waals surface area contributed by atoms with Crippen LogP contribution in [0.25, 0.3) is 0 Å². The fraction of sp³-hybridized carbons (Fsp3) is 0.560. The molecule has 0 saturated carbocycles. The molecule has 2 N–H and O–H groups in total. The molecule has 0 aromatic rings. The molecule has 0 aromatic heterocycles. The highest BCUT2D eigenvalue weighted by Gasteiger charge is 2.43. The highest BCUT2D eigenvalue weighted by molar-refractivity contribution is 6.08. The van der Waals surface area contributed by atoms with Gasteiger partial charge in [-0.05, 0) is 43.1 Å². The molecular formula is C25H40F2N4. The SMILES string of the molecule is C=C(N)\C=C/C=C(C(/C=C(\C=C\C)CN1CC(F)(F)C1)=N/C)\N(CCC)CC(C)CC. The first-order chi connectivity index (χ1) is 14.6. The average molecular weight is 435 g/mol. The summed E-state index contributed by atoms with van der Waals surface area (Å²) in [5.74, 6) is -2.04. The maximum Gasteiger partial charge on any atom is 0.272 e. The third-order valence-corrected chi connectivity index (χ3v) is 5.15. The predicted molar refractivity (Wildman–Crippen MR) is 130 cm³/mol. The Morgan fingerprint density at radius 1 is 1.29 bits per heavy atom. The molecule has 1 saturated heterocycles. The zero-order valence-corrected chi connectivity index (χ0v) is 19.9. The van der Waals surface area contributed by atoms with Crippen LogP contribution in [0.1, 0.15) is 40.5 Å². The summed E-state index contributed by atoms with van der Waals surface area (Å²) in [5, 5.41) is 0. The number of likely N-dealkylation sites (tertiary alicyclic amines) is 1. The molecule has 1 unspecified atom stereocenters. The van der Waals surface area contributed by atoms with E-state index in [4.69, 9.17) is 5.73 Å². The summed E-state index contributed by atoms with van der Waals surface area (Å²) < 4.78 is 26.6. The Balaban J connectivity index is 3.28. The summed E-state index contributed by atoms with van der Waals surface area (Å²) in [6, 6.07) is 0. The number of halogens is 2. The van der Waals surface area contributed by atoms with Crippen LogP contribution in [0.5, 0.6) is 0 Å². The molecule has 1 heterocycles. The average Bonchev–Trinajstić information content (AvgIpc) is 2.67. The molecule has 0 radical (unpaired) electrons. The van der Waals surface area contributed by atoms with E-state index in [0.29, 0.717) is 18.2 Å². The Kier molecular flexibility index (Phi) is 11.5. The zero-order valence-electron chi connectivity index (χ0n) is 19.9. The lowest BCUT2D eigenvalue weighted by molar-refractivity contribution is -0.126. The first-order valence-electron chi connectivity index (χ1n) is 11.1. The van der Waals surface area contributed by atoms with E-state index in [0.717, 1.165) is 42.9 Å². The Labute approximate surface area is 187 Å². The van der Waals surface area contributed by atoms with E-state index in [2.05, 4.69) is 37.2 Å². The number of nitrogens with zero attached hydrogens (tertiary/aromatic N) is 3. The van der Waals surface area contributed by atoms with Gasteiger partial charge in [0.15, 0.2) is 0 Å². The van der Waals surface area contributed by atoms with E-state index in [1.54, 1.807) is 18.0 Å². The van der Waals surface area contributed by atoms with Gasteiger partial charge in [0.25, 0.3) is 5.92 Å². The Morgan fingerprint density at radius 3 is 2.45 bits per heavy atom. The Morgan fingerprint density at radius 2 is 1.97 bits per heavy atom. The van der Waals surface area contributed by atoms with Gasteiger partial charge in [0.2, 0.25) is 0 Å². The molecule has 6 heteroatoms. The van der Waals surface area contributed by atoms with Crippen molar-refractivity contribution in [3.8, 4) is 0 Å². The summed E-state index contributed by atoms with van der Waals surface area (Å²) >= 11 is 0. The van der Waals surface area contributed by atoms with Gasteiger partial charge >= 0.3 is 0 Å². The lowest BCUT2D eigenvalue weighted by Gasteiger charge is -2.39. The van der Waals surface area contributed by atoms with Gasteiger partial charge in [0, 0.05) is 32.4 Å². The standard InChI is InChI=1S/C25H40F2N4/c1-7-11-22(17-30-18-25(26,27)19-30)15-23(29-6)24(13-10-12-21(5)28)31(14-8-2)16-20(4)9-3/h7,10-13,15,20H,5,8-9,14,16-19,28H2,1-4,6H3/b11-7+,12-10-,22-15+,24-13-,29-23+. The monoisotopic (exact) mass is 434 g/mol. The first kappa shape index (κ1) is 26.8. The molecule has 0 spiro atoms. The quantitative estimate of drug-likeness (QED) is 0.321. The molecule has 1 fully saturated rings. The first-order valence-corrected chi connectivity index (χ1v) is 11.1. The largest absolute Gasteiger partial charge is 0.399 e. The van der Waals surface area contributed by atoms with Crippen molar-refractivity contribution in [1.82, 2.24) is 9.80 Å². The minimum absolute atomic E-state index is 0.194. The highest BCUT2D eigenvalue weighted by Crippen LogP contribution is 2.27. The van der Waals surface area contributed by atoms with Crippen LogP contribution in [0.15, 0.2) is 65.0 Å². The van der Waals surface area contributed by atoms with Crippen molar-refractivity contribution in [3.63, 3.8) is 0 Å². The van der Waals surface area contributed by atoms with Gasteiger partial charge in [0.1, 0.15) is 0 Å². The lowest BCUT2D eigenvalue weighted by Crippen LogP contribution is -2.56. The molecular weight excluding hydrogens is 394 g/mol. The second-order valence-electron chi connectivity index (χ2n) is 8.27. The van der Waals surface area contributed by atoms with Crippen molar-refractivity contribution in [1.29, 1.82) is 0 Å². The van der Waals surface area contributed by atoms with Crippen LogP contribution in [0, 0.1) is 5.92 Å². The van der Waals surface area contributed by atoms with E-state index < -0.39 is 5.92 Å². The number of aliphatic imine (C=N–C) groups is 1. The van der Waals surface area contributed by atoms with Gasteiger partial charge in [-0.25, -0.2) is 8.78 Å². The van der Waals surface area contributed by atoms with Gasteiger partial charge in [0.05, 0.1) is 24.5 Å². The van der Waals surface area contributed by atoms with Gasteiger partial charge in [-0.1, -0.05) is 52.0 Å². The van der Waals surface area contributed by atoms with Crippen LogP contribution in [-0.4, -0.2) is 61.2 Å². The minimum atomic E-state index is -2.57. The summed E-state index contributed by atoms with van der Waals surface area (Å²) in [5.41, 5.74) is 8.96. The summed E-state index contributed by atoms with van der Waals surface area (Å²) in [6.45, 7) is 14.1. The van der Waals surface area contributed by atoms with Crippen LogP contribution in [0.4, 0.5) is 8.78 Å². The molecule has 0 bridgehead atoms. The second-order valence-corrected chi connectivity index (χ2v) is 8.27. The third kappa shape index (κ3) is 9.64. The molecule has 4 nitrogen and oxygen atoms in total. The fourth-order valence-electron chi connectivity index (χ4n) is 3.47. The normalized spacial score (nSPS) is 19.1. The van der Waals surface area contributed by atoms with Crippen LogP contribution in [-0.2, 0) is 0 Å². The molecule has 0 aromatic carbocycles. The minimum Gasteiger partial charge on any atom is -0.399 e. The van der Waals surface area contributed by atoms with Crippen molar-refractivity contribution in [2.75, 3.05) is 39.8 Å². The van der Waals surface area contributed by atoms with Gasteiger partial charge in [-0.2, -0.15) is 0 Å². The number of alkyl halides is 2. The Hall–Kier alpha value is -2.21. The molecule has 1 atom stereocenters. The van der Waals surface area contributed by atoms with Crippen LogP contribution in [0.3, 0.4) is 0 Å². The maximum atomic E-state index is 13.3. The second kappa shape index (κ2) is 13.3. The van der Waals surface area contributed by atoms with Crippen LogP contribution in [0.2, 0.25) is 0 Å². The Bertz CT molecular complexity index is 724. The van der Waals surface area contributed by atoms with Crippen LogP contribution >= 0.6 is 0 Å². The van der Waals surface area contributed by atoms with Gasteiger partial charge in [-0.15, -0.1) is 0 Å². The summed E-state index contributed by atoms with van der Waals surface area (Å²) in [6.07, 6.45) is 13.7. The predicted octanol–water partition coefficient (Wildman–Crippen LogP) is 5.18. The smallest absolute Gasteiger partial charge is 0.272 e. The third-order valence-electron chi connectivity index (χ3n) is 5.15. The molecule has 1 aliphatic rings. The highest BCUT2D eigenvalue weighted by atomic mass is 19.3. The molecule has 174 valence electrons. The van der Waals surface area contributed by atoms with Crippen molar-refractivity contribution in [2.45, 2.75) is 46.5 Å². The van der Waals surface area contributed by atoms with Gasteiger partial charge < -0.3 is 10.6 Å². The van der Waals surface area contributed by atoms with E-state index in [1.807, 2.05) is 37.3 Å². The van der Waals surface area contributed by atoms with Crippen molar-refractivity contribution in [2.24, 2.45) is 16.6 Å². The molecule has 1 aliphatic heterocycles. The number of rotatable bonds is 13. The molecule has 31 heavy (non-hydrogen) atoms. The number of hydrogen-bond acceptors (Lipinski definition) is 4. The summed E-state index contributed by atoms with van der Waals surface area (Å²) in [7, 11) is 1.77. The van der Waals surface area contributed by atoms with E-state index in [-0.39, 0.29) is 13.1 Å². The van der Waals surface area contributed by atoms with Crippen molar-refractivity contribution < 1.29 is 8.78 Å². The van der Waals surface area contributed by atoms with E-state index in [9.17, 15) is 8.78 Å². The zero-order chi connectivity index (χ0) is 23.4. The van der Waals surface area contributed by atoms with Gasteiger partial charge in [-0.3, -0.25) is 9.89 Å². The van der Waals surface area contributed by atoms with E-state index >= 15 is 0 Å². The molecule has 0 aliphatic carbocycles. The maximum absolute atomic E-state index is 13.3. The van der Waals surface area contributed by atoms with Crippen molar-refractivity contribution in [3.05, 3.63) is 60.0 Å². The van der Waals surface area contributed by atoms with Crippen molar-refractivity contribution >= 4 is 5.71 Å². The van der Waals surface area contributed by atoms with Crippen LogP contribution < -0.4 is 5.73 Å². The topological polar surface area (TPSA) is 44.9 Å². The summed E-state index contributed by atoms with van der Waals surface area (Å²) in [4.78, 5) is 8.67. The number of nitrogens with two attached hydrogens (primary N) is 1. The van der Waals surface area contributed by atoms with E-state index in [1.165, 1.54) is 0 Å². The fourth-order valence-corrected chi connectivity index (χ4v) is 3.47. The number of hydrogen-bond donors (Lipinski definition) is 1. The molecule has 1 rings (SSSR count).